The van der Waals surface area contributed by atoms with Crippen molar-refractivity contribution in [3.8, 4) is 0 Å². The number of amides is 1. The Morgan fingerprint density at radius 2 is 1.81 bits per heavy atom. The summed E-state index contributed by atoms with van der Waals surface area (Å²) in [4.78, 5) is 16.2. The SMILES string of the molecule is CCNC(=NCC(=O)NCCc1ccccc1)NCCCCOCC.I. The third-order valence-electron chi connectivity index (χ3n) is 3.52. The molecule has 26 heavy (non-hydrogen) atoms. The van der Waals surface area contributed by atoms with Gasteiger partial charge in [-0.2, -0.15) is 0 Å². The Morgan fingerprint density at radius 3 is 2.50 bits per heavy atom. The highest BCUT2D eigenvalue weighted by Crippen LogP contribution is 1.98. The van der Waals surface area contributed by atoms with Gasteiger partial charge >= 0.3 is 0 Å². The van der Waals surface area contributed by atoms with Gasteiger partial charge in [0.2, 0.25) is 5.91 Å². The van der Waals surface area contributed by atoms with E-state index < -0.39 is 0 Å². The van der Waals surface area contributed by atoms with Crippen molar-refractivity contribution in [1.29, 1.82) is 0 Å². The second kappa shape index (κ2) is 17.1. The van der Waals surface area contributed by atoms with Crippen molar-refractivity contribution in [2.75, 3.05) is 39.4 Å². The predicted molar refractivity (Wildman–Crippen MR) is 118 cm³/mol. The minimum atomic E-state index is -0.0653. The second-order valence-electron chi connectivity index (χ2n) is 5.61. The summed E-state index contributed by atoms with van der Waals surface area (Å²) in [6.07, 6.45) is 2.85. The molecule has 0 heterocycles. The number of nitrogens with one attached hydrogen (secondary N) is 3. The van der Waals surface area contributed by atoms with E-state index in [-0.39, 0.29) is 36.4 Å². The van der Waals surface area contributed by atoms with Crippen molar-refractivity contribution >= 4 is 35.8 Å². The summed E-state index contributed by atoms with van der Waals surface area (Å²) in [6.45, 7) is 7.88. The number of rotatable bonds is 12. The molecule has 1 aromatic carbocycles. The van der Waals surface area contributed by atoms with Gasteiger partial charge in [-0.25, -0.2) is 4.99 Å². The van der Waals surface area contributed by atoms with Crippen molar-refractivity contribution in [1.82, 2.24) is 16.0 Å². The molecule has 0 aliphatic rings. The first kappa shape index (κ1) is 24.7. The van der Waals surface area contributed by atoms with Gasteiger partial charge in [0.1, 0.15) is 6.54 Å². The number of carbonyl (C=O) groups excluding carboxylic acids is 1. The quantitative estimate of drug-likeness (QED) is 0.187. The highest BCUT2D eigenvalue weighted by molar-refractivity contribution is 14.0. The zero-order chi connectivity index (χ0) is 18.2. The summed E-state index contributed by atoms with van der Waals surface area (Å²) in [6, 6.07) is 10.1. The van der Waals surface area contributed by atoms with Gasteiger partial charge in [0.05, 0.1) is 0 Å². The average molecular weight is 476 g/mol. The second-order valence-corrected chi connectivity index (χ2v) is 5.61. The van der Waals surface area contributed by atoms with Crippen LogP contribution in [0.1, 0.15) is 32.3 Å². The lowest BCUT2D eigenvalue weighted by molar-refractivity contribution is -0.119. The van der Waals surface area contributed by atoms with Crippen LogP contribution in [0.4, 0.5) is 0 Å². The van der Waals surface area contributed by atoms with Crippen LogP contribution in [0, 0.1) is 0 Å². The molecule has 7 heteroatoms. The monoisotopic (exact) mass is 476 g/mol. The number of halogens is 1. The maximum absolute atomic E-state index is 11.9. The smallest absolute Gasteiger partial charge is 0.241 e. The summed E-state index contributed by atoms with van der Waals surface area (Å²) >= 11 is 0. The average Bonchev–Trinajstić information content (AvgIpc) is 2.63. The van der Waals surface area contributed by atoms with Gasteiger partial charge in [0, 0.05) is 32.8 Å². The molecule has 0 aliphatic heterocycles. The minimum Gasteiger partial charge on any atom is -0.382 e. The van der Waals surface area contributed by atoms with Gasteiger partial charge in [-0.05, 0) is 38.7 Å². The molecule has 1 aromatic rings. The van der Waals surface area contributed by atoms with Crippen LogP contribution in [0.2, 0.25) is 0 Å². The number of guanidine groups is 1. The fraction of sp³-hybridized carbons (Fsp3) is 0.579. The van der Waals surface area contributed by atoms with Gasteiger partial charge in [0.15, 0.2) is 5.96 Å². The first-order valence-electron chi connectivity index (χ1n) is 9.16. The number of carbonyl (C=O) groups is 1. The van der Waals surface area contributed by atoms with Gasteiger partial charge in [-0.15, -0.1) is 24.0 Å². The zero-order valence-corrected chi connectivity index (χ0v) is 18.3. The van der Waals surface area contributed by atoms with E-state index in [9.17, 15) is 4.79 Å². The number of ether oxygens (including phenoxy) is 1. The maximum Gasteiger partial charge on any atom is 0.241 e. The van der Waals surface area contributed by atoms with Crippen molar-refractivity contribution in [3.05, 3.63) is 35.9 Å². The van der Waals surface area contributed by atoms with Gasteiger partial charge < -0.3 is 20.7 Å². The van der Waals surface area contributed by atoms with E-state index in [0.29, 0.717) is 12.5 Å². The maximum atomic E-state index is 11.9. The fourth-order valence-corrected chi connectivity index (χ4v) is 2.22. The molecule has 148 valence electrons. The molecule has 3 N–H and O–H groups in total. The van der Waals surface area contributed by atoms with Gasteiger partial charge in [-0.1, -0.05) is 30.3 Å². The van der Waals surface area contributed by atoms with Crippen LogP contribution < -0.4 is 16.0 Å². The van der Waals surface area contributed by atoms with Crippen molar-refractivity contribution in [3.63, 3.8) is 0 Å². The summed E-state index contributed by atoms with van der Waals surface area (Å²) in [5.74, 6) is 0.613. The summed E-state index contributed by atoms with van der Waals surface area (Å²) in [7, 11) is 0. The molecule has 1 amide bonds. The molecule has 0 aromatic heterocycles. The molecule has 0 fully saturated rings. The number of aliphatic imine (C=N–C) groups is 1. The summed E-state index contributed by atoms with van der Waals surface area (Å²) < 4.78 is 5.31. The van der Waals surface area contributed by atoms with Gasteiger partial charge in [-0.3, -0.25) is 4.79 Å². The van der Waals surface area contributed by atoms with Crippen molar-refractivity contribution in [2.45, 2.75) is 33.1 Å². The first-order valence-corrected chi connectivity index (χ1v) is 9.16. The van der Waals surface area contributed by atoms with Crippen LogP contribution in [-0.2, 0) is 16.0 Å². The lowest BCUT2D eigenvalue weighted by atomic mass is 10.1. The third kappa shape index (κ3) is 12.9. The summed E-state index contributed by atoms with van der Waals surface area (Å²) in [5, 5.41) is 9.29. The standard InChI is InChI=1S/C19H32N4O2.HI/c1-3-20-19(22-13-8-9-15-25-4-2)23-16-18(24)21-14-12-17-10-6-5-7-11-17;/h5-7,10-11H,3-4,8-9,12-16H2,1-2H3,(H,21,24)(H2,20,22,23);1H. The molecule has 0 saturated heterocycles. The molecule has 0 aliphatic carbocycles. The number of benzene rings is 1. The number of hydrogen-bond donors (Lipinski definition) is 3. The lowest BCUT2D eigenvalue weighted by Gasteiger charge is -2.11. The third-order valence-corrected chi connectivity index (χ3v) is 3.52. The number of hydrogen-bond acceptors (Lipinski definition) is 3. The van der Waals surface area contributed by atoms with Crippen LogP contribution >= 0.6 is 24.0 Å². The molecule has 0 spiro atoms. The molecule has 1 rings (SSSR count). The first-order chi connectivity index (χ1) is 12.3. The Kier molecular flexibility index (Phi) is 16.2. The molecule has 0 saturated carbocycles. The molecular weight excluding hydrogens is 443 g/mol. The Hall–Kier alpha value is -1.35. The number of nitrogens with zero attached hydrogens (tertiary/aromatic N) is 1. The Morgan fingerprint density at radius 1 is 1.04 bits per heavy atom. The van der Waals surface area contributed by atoms with Crippen LogP contribution in [0.25, 0.3) is 0 Å². The molecule has 0 radical (unpaired) electrons. The Balaban J connectivity index is 0.00000625. The zero-order valence-electron chi connectivity index (χ0n) is 15.9. The van der Waals surface area contributed by atoms with E-state index >= 15 is 0 Å². The lowest BCUT2D eigenvalue weighted by Crippen LogP contribution is -2.39. The van der Waals surface area contributed by atoms with E-state index in [0.717, 1.165) is 45.6 Å². The molecule has 0 unspecified atom stereocenters. The topological polar surface area (TPSA) is 74.8 Å². The molecule has 0 atom stereocenters. The predicted octanol–water partition coefficient (Wildman–Crippen LogP) is 2.34. The Labute approximate surface area is 174 Å². The molecule has 0 bridgehead atoms. The summed E-state index contributed by atoms with van der Waals surface area (Å²) in [5.41, 5.74) is 1.22. The van der Waals surface area contributed by atoms with Crippen molar-refractivity contribution in [2.24, 2.45) is 4.99 Å². The van der Waals surface area contributed by atoms with Crippen molar-refractivity contribution < 1.29 is 9.53 Å². The van der Waals surface area contributed by atoms with E-state index in [1.54, 1.807) is 0 Å². The van der Waals surface area contributed by atoms with Crippen LogP contribution in [-0.4, -0.2) is 51.3 Å². The molecule has 6 nitrogen and oxygen atoms in total. The van der Waals surface area contributed by atoms with E-state index in [4.69, 9.17) is 4.74 Å². The largest absolute Gasteiger partial charge is 0.382 e. The highest BCUT2D eigenvalue weighted by atomic mass is 127. The van der Waals surface area contributed by atoms with Crippen LogP contribution in [0.5, 0.6) is 0 Å². The van der Waals surface area contributed by atoms with Gasteiger partial charge in [0.25, 0.3) is 0 Å². The number of unbranched alkanes of at least 4 members (excludes halogenated alkanes) is 1. The fourth-order valence-electron chi connectivity index (χ4n) is 2.22. The van der Waals surface area contributed by atoms with E-state index in [1.807, 2.05) is 32.0 Å². The molecular formula is C19H33IN4O2. The minimum absolute atomic E-state index is 0. The van der Waals surface area contributed by atoms with Crippen LogP contribution in [0.3, 0.4) is 0 Å². The highest BCUT2D eigenvalue weighted by Gasteiger charge is 2.02. The Bertz CT molecular complexity index is 498. The van der Waals surface area contributed by atoms with E-state index in [1.165, 1.54) is 5.56 Å². The van der Waals surface area contributed by atoms with E-state index in [2.05, 4.69) is 33.1 Å². The normalized spacial score (nSPS) is 10.8. The van der Waals surface area contributed by atoms with Crippen LogP contribution in [0.15, 0.2) is 35.3 Å².